The summed E-state index contributed by atoms with van der Waals surface area (Å²) in [7, 11) is 0. The second-order valence-electron chi connectivity index (χ2n) is 6.65. The fourth-order valence-corrected chi connectivity index (χ4v) is 3.18. The number of anilines is 1. The molecular weight excluding hydrogens is 370 g/mol. The van der Waals surface area contributed by atoms with Gasteiger partial charge in [-0.1, -0.05) is 24.3 Å². The van der Waals surface area contributed by atoms with Gasteiger partial charge in [0.2, 0.25) is 11.8 Å². The Hall–Kier alpha value is -3.29. The van der Waals surface area contributed by atoms with Crippen LogP contribution in [0.15, 0.2) is 42.5 Å². The first kappa shape index (κ1) is 19.5. The Morgan fingerprint density at radius 2 is 1.89 bits per heavy atom. The number of aliphatic carboxylic acids is 1. The zero-order chi connectivity index (χ0) is 20.4. The van der Waals surface area contributed by atoms with E-state index in [1.54, 1.807) is 6.07 Å². The van der Waals surface area contributed by atoms with Crippen LogP contribution in [0.3, 0.4) is 0 Å². The first-order valence-electron chi connectivity index (χ1n) is 8.62. The summed E-state index contributed by atoms with van der Waals surface area (Å²) in [6.45, 7) is 1.43. The van der Waals surface area contributed by atoms with Crippen LogP contribution in [0.2, 0.25) is 0 Å². The number of carbonyl (C=O) groups excluding carboxylic acids is 2. The fourth-order valence-electron chi connectivity index (χ4n) is 3.18. The van der Waals surface area contributed by atoms with E-state index in [4.69, 9.17) is 0 Å². The van der Waals surface area contributed by atoms with Gasteiger partial charge >= 0.3 is 5.97 Å². The fraction of sp³-hybridized carbons (Fsp3) is 0.250. The molecule has 1 fully saturated rings. The van der Waals surface area contributed by atoms with Crippen molar-refractivity contribution < 1.29 is 28.3 Å². The second kappa shape index (κ2) is 7.75. The molecule has 2 N–H and O–H groups in total. The molecule has 0 bridgehead atoms. The van der Waals surface area contributed by atoms with Crippen LogP contribution in [-0.2, 0) is 14.4 Å². The summed E-state index contributed by atoms with van der Waals surface area (Å²) in [5, 5.41) is 11.9. The van der Waals surface area contributed by atoms with Gasteiger partial charge in [-0.15, -0.1) is 0 Å². The molecule has 2 aromatic rings. The van der Waals surface area contributed by atoms with Gasteiger partial charge in [-0.25, -0.2) is 13.6 Å². The van der Waals surface area contributed by atoms with E-state index < -0.39 is 41.4 Å². The van der Waals surface area contributed by atoms with Gasteiger partial charge in [0.25, 0.3) is 0 Å². The predicted octanol–water partition coefficient (Wildman–Crippen LogP) is 2.57. The molecule has 8 heteroatoms. The first-order chi connectivity index (χ1) is 13.3. The number of nitrogens with zero attached hydrogens (tertiary/aromatic N) is 1. The molecule has 6 nitrogen and oxygen atoms in total. The molecule has 0 radical (unpaired) electrons. The lowest BCUT2D eigenvalue weighted by atomic mass is 10.0. The molecule has 28 heavy (non-hydrogen) atoms. The van der Waals surface area contributed by atoms with Crippen LogP contribution in [0, 0.1) is 24.5 Å². The number of carboxylic acid groups (broad SMARTS) is 1. The highest BCUT2D eigenvalue weighted by Gasteiger charge is 2.37. The van der Waals surface area contributed by atoms with Gasteiger partial charge < -0.3 is 15.3 Å². The lowest BCUT2D eigenvalue weighted by Gasteiger charge is -2.19. The van der Waals surface area contributed by atoms with Crippen LogP contribution < -0.4 is 10.2 Å². The van der Waals surface area contributed by atoms with Crippen LogP contribution in [0.5, 0.6) is 0 Å². The van der Waals surface area contributed by atoms with Crippen molar-refractivity contribution in [2.45, 2.75) is 19.4 Å². The van der Waals surface area contributed by atoms with Crippen LogP contribution in [0.25, 0.3) is 0 Å². The molecule has 1 aliphatic rings. The Labute approximate surface area is 159 Å². The average Bonchev–Trinajstić information content (AvgIpc) is 3.04. The largest absolute Gasteiger partial charge is 0.479 e. The normalized spacial score (nSPS) is 17.5. The van der Waals surface area contributed by atoms with E-state index in [0.717, 1.165) is 6.07 Å². The number of carboxylic acids is 1. The molecule has 1 heterocycles. The molecule has 2 atom stereocenters. The third kappa shape index (κ3) is 3.85. The van der Waals surface area contributed by atoms with Crippen molar-refractivity contribution in [1.82, 2.24) is 5.32 Å². The zero-order valence-electron chi connectivity index (χ0n) is 15.0. The monoisotopic (exact) mass is 388 g/mol. The number of carbonyl (C=O) groups is 3. The molecule has 146 valence electrons. The van der Waals surface area contributed by atoms with Crippen molar-refractivity contribution in [1.29, 1.82) is 0 Å². The van der Waals surface area contributed by atoms with Crippen LogP contribution in [-0.4, -0.2) is 29.4 Å². The maximum Gasteiger partial charge on any atom is 0.330 e. The Balaban J connectivity index is 1.76. The Morgan fingerprint density at radius 1 is 1.18 bits per heavy atom. The molecule has 0 saturated carbocycles. The molecule has 2 unspecified atom stereocenters. The summed E-state index contributed by atoms with van der Waals surface area (Å²) in [4.78, 5) is 37.6. The predicted molar refractivity (Wildman–Crippen MR) is 96.5 cm³/mol. The minimum absolute atomic E-state index is 0.0552. The number of nitrogens with one attached hydrogen (secondary N) is 1. The molecule has 2 aromatic carbocycles. The molecule has 0 aromatic heterocycles. The Kier molecular flexibility index (Phi) is 5.39. The first-order valence-corrected chi connectivity index (χ1v) is 8.62. The average molecular weight is 388 g/mol. The molecule has 3 rings (SSSR count). The number of rotatable bonds is 5. The summed E-state index contributed by atoms with van der Waals surface area (Å²) in [5.41, 5.74) is 0.543. The maximum atomic E-state index is 13.9. The minimum Gasteiger partial charge on any atom is -0.479 e. The molecule has 0 spiro atoms. The molecular formula is C20H18F2N2O4. The maximum absolute atomic E-state index is 13.9. The van der Waals surface area contributed by atoms with Gasteiger partial charge in [-0.3, -0.25) is 9.59 Å². The van der Waals surface area contributed by atoms with E-state index in [9.17, 15) is 28.3 Å². The summed E-state index contributed by atoms with van der Waals surface area (Å²) >= 11 is 0. The van der Waals surface area contributed by atoms with Crippen molar-refractivity contribution in [2.24, 2.45) is 5.92 Å². The summed E-state index contributed by atoms with van der Waals surface area (Å²) in [6, 6.07) is 8.10. The highest BCUT2D eigenvalue weighted by Crippen LogP contribution is 2.28. The van der Waals surface area contributed by atoms with Gasteiger partial charge in [0.05, 0.1) is 11.6 Å². The van der Waals surface area contributed by atoms with Gasteiger partial charge in [0.15, 0.2) is 6.04 Å². The zero-order valence-corrected chi connectivity index (χ0v) is 15.0. The SMILES string of the molecule is Cc1cc(C(NC(=O)C2CC(=O)N(c3ccccc3F)C2)C(=O)O)ccc1F. The number of amides is 2. The lowest BCUT2D eigenvalue weighted by Crippen LogP contribution is -2.38. The number of benzene rings is 2. The summed E-state index contributed by atoms with van der Waals surface area (Å²) in [6.07, 6.45) is -0.158. The highest BCUT2D eigenvalue weighted by molar-refractivity contribution is 6.01. The standard InChI is InChI=1S/C20H18F2N2O4/c1-11-8-12(6-7-14(11)21)18(20(27)28)23-19(26)13-9-17(25)24(10-13)16-5-3-2-4-15(16)22/h2-8,13,18H,9-10H2,1H3,(H,23,26)(H,27,28). The molecule has 2 amide bonds. The van der Waals surface area contributed by atoms with Crippen LogP contribution in [0.4, 0.5) is 14.5 Å². The van der Waals surface area contributed by atoms with E-state index in [2.05, 4.69) is 5.32 Å². The van der Waals surface area contributed by atoms with Crippen molar-refractivity contribution in [3.63, 3.8) is 0 Å². The van der Waals surface area contributed by atoms with Crippen LogP contribution in [0.1, 0.15) is 23.6 Å². The number of hydrogen-bond acceptors (Lipinski definition) is 3. The number of hydrogen-bond donors (Lipinski definition) is 2. The van der Waals surface area contributed by atoms with Crippen molar-refractivity contribution in [3.05, 3.63) is 65.2 Å². The Morgan fingerprint density at radius 3 is 2.54 bits per heavy atom. The van der Waals surface area contributed by atoms with E-state index in [0.29, 0.717) is 0 Å². The second-order valence-corrected chi connectivity index (χ2v) is 6.65. The van der Waals surface area contributed by atoms with Gasteiger partial charge in [-0.05, 0) is 36.2 Å². The summed E-state index contributed by atoms with van der Waals surface area (Å²) in [5.74, 6) is -4.26. The van der Waals surface area contributed by atoms with Crippen molar-refractivity contribution in [3.8, 4) is 0 Å². The topological polar surface area (TPSA) is 86.7 Å². The number of halogens is 2. The molecule has 1 saturated heterocycles. The number of para-hydroxylation sites is 1. The molecule has 1 aliphatic heterocycles. The van der Waals surface area contributed by atoms with Crippen LogP contribution >= 0.6 is 0 Å². The van der Waals surface area contributed by atoms with Gasteiger partial charge in [-0.2, -0.15) is 0 Å². The summed E-state index contributed by atoms with van der Waals surface area (Å²) < 4.78 is 27.4. The smallest absolute Gasteiger partial charge is 0.330 e. The lowest BCUT2D eigenvalue weighted by molar-refractivity contribution is -0.142. The van der Waals surface area contributed by atoms with Gasteiger partial charge in [0, 0.05) is 13.0 Å². The van der Waals surface area contributed by atoms with E-state index in [1.165, 1.54) is 42.2 Å². The van der Waals surface area contributed by atoms with E-state index in [-0.39, 0.29) is 29.8 Å². The van der Waals surface area contributed by atoms with E-state index >= 15 is 0 Å². The van der Waals surface area contributed by atoms with Crippen molar-refractivity contribution in [2.75, 3.05) is 11.4 Å². The van der Waals surface area contributed by atoms with Gasteiger partial charge in [0.1, 0.15) is 11.6 Å². The third-order valence-corrected chi connectivity index (χ3v) is 4.69. The molecule has 0 aliphatic carbocycles. The minimum atomic E-state index is -1.38. The quantitative estimate of drug-likeness (QED) is 0.824. The van der Waals surface area contributed by atoms with Crippen molar-refractivity contribution >= 4 is 23.5 Å². The Bertz CT molecular complexity index is 948. The highest BCUT2D eigenvalue weighted by atomic mass is 19.1. The third-order valence-electron chi connectivity index (χ3n) is 4.69. The van der Waals surface area contributed by atoms with E-state index in [1.807, 2.05) is 0 Å². The number of aryl methyl sites for hydroxylation is 1.